The molecule has 27 heavy (non-hydrogen) atoms. The van der Waals surface area contributed by atoms with Crippen molar-refractivity contribution in [1.82, 2.24) is 0 Å². The number of carbonyl (C=O) groups is 1. The Morgan fingerprint density at radius 2 is 1.81 bits per heavy atom. The molecule has 4 aliphatic carbocycles. The second-order valence-corrected chi connectivity index (χ2v) is 10.9. The van der Waals surface area contributed by atoms with Gasteiger partial charge in [0.2, 0.25) is 0 Å². The lowest BCUT2D eigenvalue weighted by atomic mass is 9.46. The van der Waals surface area contributed by atoms with E-state index in [1.807, 2.05) is 0 Å². The highest BCUT2D eigenvalue weighted by Gasteiger charge is 2.58. The second kappa shape index (κ2) is 7.23. The Hall–Kier alpha value is -0.790. The maximum atomic E-state index is 11.6. The number of fused-ring (bicyclic) bond motifs is 5. The molecule has 0 spiro atoms. The molecule has 0 aromatic heterocycles. The van der Waals surface area contributed by atoms with Crippen molar-refractivity contribution in [3.63, 3.8) is 0 Å². The molecule has 0 unspecified atom stereocenters. The molecule has 0 aromatic carbocycles. The summed E-state index contributed by atoms with van der Waals surface area (Å²) in [6.45, 7) is 7.62. The Bertz CT molecular complexity index is 595. The number of rotatable bonds is 4. The van der Waals surface area contributed by atoms with Gasteiger partial charge < -0.3 is 4.74 Å². The van der Waals surface area contributed by atoms with Crippen molar-refractivity contribution in [2.75, 3.05) is 7.11 Å². The fourth-order valence-corrected chi connectivity index (χ4v) is 8.28. The molecule has 2 heteroatoms. The van der Waals surface area contributed by atoms with Gasteiger partial charge in [-0.3, -0.25) is 4.79 Å². The molecule has 0 aromatic rings. The summed E-state index contributed by atoms with van der Waals surface area (Å²) in [5, 5.41) is 0. The third-order valence-corrected chi connectivity index (χ3v) is 9.86. The molecular formula is C25H40O2. The van der Waals surface area contributed by atoms with Gasteiger partial charge in [0, 0.05) is 6.42 Å². The molecule has 3 fully saturated rings. The molecule has 4 aliphatic rings. The van der Waals surface area contributed by atoms with E-state index in [2.05, 4.69) is 32.9 Å². The lowest BCUT2D eigenvalue weighted by Crippen LogP contribution is -2.51. The van der Waals surface area contributed by atoms with E-state index in [1.54, 1.807) is 0 Å². The van der Waals surface area contributed by atoms with E-state index in [1.165, 1.54) is 58.5 Å². The van der Waals surface area contributed by atoms with Crippen molar-refractivity contribution in [3.05, 3.63) is 12.2 Å². The van der Waals surface area contributed by atoms with Gasteiger partial charge in [-0.15, -0.1) is 0 Å². The highest BCUT2D eigenvalue weighted by molar-refractivity contribution is 5.69. The fourth-order valence-electron chi connectivity index (χ4n) is 8.28. The summed E-state index contributed by atoms with van der Waals surface area (Å²) in [5.74, 6) is 4.78. The quantitative estimate of drug-likeness (QED) is 0.421. The number of hydrogen-bond acceptors (Lipinski definition) is 2. The average Bonchev–Trinajstić information content (AvgIpc) is 3.02. The van der Waals surface area contributed by atoms with E-state index in [-0.39, 0.29) is 5.97 Å². The highest BCUT2D eigenvalue weighted by Crippen LogP contribution is 2.66. The van der Waals surface area contributed by atoms with Crippen molar-refractivity contribution in [1.29, 1.82) is 0 Å². The van der Waals surface area contributed by atoms with E-state index < -0.39 is 0 Å². The average molecular weight is 373 g/mol. The minimum Gasteiger partial charge on any atom is -0.469 e. The van der Waals surface area contributed by atoms with Gasteiger partial charge in [0.05, 0.1) is 7.11 Å². The van der Waals surface area contributed by atoms with Crippen LogP contribution < -0.4 is 0 Å². The summed E-state index contributed by atoms with van der Waals surface area (Å²) in [6, 6.07) is 0. The number of esters is 1. The molecule has 3 saturated carbocycles. The van der Waals surface area contributed by atoms with Gasteiger partial charge in [-0.25, -0.2) is 0 Å². The monoisotopic (exact) mass is 372 g/mol. The minimum atomic E-state index is -0.0447. The summed E-state index contributed by atoms with van der Waals surface area (Å²) in [6.07, 6.45) is 18.2. The standard InChI is InChI=1S/C25H40O2/c1-17(8-13-23(26)27-4)20-11-12-21-19-10-9-18-7-5-6-15-24(18,2)22(19)14-16-25(20,21)3/h9-10,17-22H,5-8,11-16H2,1-4H3/t17-,18+,19+,20-,21-,22+,24-,25+/m0/s1. The van der Waals surface area contributed by atoms with E-state index in [4.69, 9.17) is 4.74 Å². The molecule has 0 amide bonds. The van der Waals surface area contributed by atoms with Crippen LogP contribution in [0.4, 0.5) is 0 Å². The summed E-state index contributed by atoms with van der Waals surface area (Å²) in [4.78, 5) is 11.6. The van der Waals surface area contributed by atoms with Gasteiger partial charge in [-0.2, -0.15) is 0 Å². The minimum absolute atomic E-state index is 0.0447. The van der Waals surface area contributed by atoms with E-state index in [0.29, 0.717) is 23.2 Å². The predicted octanol–water partition coefficient (Wildman–Crippen LogP) is 6.40. The maximum Gasteiger partial charge on any atom is 0.305 e. The molecule has 2 nitrogen and oxygen atoms in total. The zero-order valence-electron chi connectivity index (χ0n) is 18.0. The van der Waals surface area contributed by atoms with Gasteiger partial charge in [0.1, 0.15) is 0 Å². The van der Waals surface area contributed by atoms with Gasteiger partial charge in [0.25, 0.3) is 0 Å². The van der Waals surface area contributed by atoms with Crippen molar-refractivity contribution < 1.29 is 9.53 Å². The van der Waals surface area contributed by atoms with Crippen LogP contribution in [0.1, 0.15) is 85.0 Å². The molecule has 152 valence electrons. The first-order valence-corrected chi connectivity index (χ1v) is 11.7. The Kier molecular flexibility index (Phi) is 5.23. The van der Waals surface area contributed by atoms with Crippen LogP contribution in [0, 0.1) is 46.3 Å². The van der Waals surface area contributed by atoms with Crippen LogP contribution in [0.15, 0.2) is 12.2 Å². The largest absolute Gasteiger partial charge is 0.469 e. The normalized spacial score (nSPS) is 46.9. The zero-order valence-corrected chi connectivity index (χ0v) is 18.0. The molecule has 0 saturated heterocycles. The zero-order chi connectivity index (χ0) is 19.2. The van der Waals surface area contributed by atoms with Crippen LogP contribution in [0.2, 0.25) is 0 Å². The third-order valence-electron chi connectivity index (χ3n) is 9.86. The number of allylic oxidation sites excluding steroid dienone is 2. The first-order valence-electron chi connectivity index (χ1n) is 11.7. The van der Waals surface area contributed by atoms with Gasteiger partial charge in [0.15, 0.2) is 0 Å². The van der Waals surface area contributed by atoms with E-state index >= 15 is 0 Å². The summed E-state index contributed by atoms with van der Waals surface area (Å²) in [5.41, 5.74) is 1.03. The Morgan fingerprint density at radius 1 is 1.04 bits per heavy atom. The molecule has 0 bridgehead atoms. The van der Waals surface area contributed by atoms with E-state index in [0.717, 1.165) is 36.0 Å². The van der Waals surface area contributed by atoms with Crippen LogP contribution in [-0.4, -0.2) is 13.1 Å². The molecule has 0 aliphatic heterocycles. The SMILES string of the molecule is COC(=O)CC[C@H](C)[C@@H]1CC[C@H]2[C@H]3C=C[C@H]4CCCC[C@]4(C)[C@@H]3CC[C@@]21C. The van der Waals surface area contributed by atoms with Crippen molar-refractivity contribution in [2.24, 2.45) is 46.3 Å². The Morgan fingerprint density at radius 3 is 2.59 bits per heavy atom. The highest BCUT2D eigenvalue weighted by atomic mass is 16.5. The Balaban J connectivity index is 1.52. The fraction of sp³-hybridized carbons (Fsp3) is 0.880. The van der Waals surface area contributed by atoms with Crippen LogP contribution in [0.25, 0.3) is 0 Å². The summed E-state index contributed by atoms with van der Waals surface area (Å²) in [7, 11) is 1.51. The van der Waals surface area contributed by atoms with Gasteiger partial charge >= 0.3 is 5.97 Å². The maximum absolute atomic E-state index is 11.6. The van der Waals surface area contributed by atoms with Crippen LogP contribution in [0.3, 0.4) is 0 Å². The number of carbonyl (C=O) groups excluding carboxylic acids is 1. The topological polar surface area (TPSA) is 26.3 Å². The van der Waals surface area contributed by atoms with Crippen LogP contribution >= 0.6 is 0 Å². The number of ether oxygens (including phenoxy) is 1. The van der Waals surface area contributed by atoms with Crippen LogP contribution in [0.5, 0.6) is 0 Å². The smallest absolute Gasteiger partial charge is 0.305 e. The Labute approximate surface area is 166 Å². The van der Waals surface area contributed by atoms with Gasteiger partial charge in [-0.05, 0) is 91.3 Å². The second-order valence-electron chi connectivity index (χ2n) is 10.9. The van der Waals surface area contributed by atoms with Crippen LogP contribution in [-0.2, 0) is 9.53 Å². The van der Waals surface area contributed by atoms with E-state index in [9.17, 15) is 4.79 Å². The molecule has 4 rings (SSSR count). The first kappa shape index (κ1) is 19.5. The molecule has 8 atom stereocenters. The first-order chi connectivity index (χ1) is 12.9. The lowest BCUT2D eigenvalue weighted by Gasteiger charge is -2.58. The third kappa shape index (κ3) is 3.10. The molecule has 0 N–H and O–H groups in total. The number of methoxy groups -OCH3 is 1. The van der Waals surface area contributed by atoms with Gasteiger partial charge in [-0.1, -0.05) is 45.8 Å². The van der Waals surface area contributed by atoms with Crippen molar-refractivity contribution >= 4 is 5.97 Å². The van der Waals surface area contributed by atoms with Crippen molar-refractivity contribution in [3.8, 4) is 0 Å². The molecule has 0 radical (unpaired) electrons. The lowest BCUT2D eigenvalue weighted by molar-refractivity contribution is -0.141. The molecular weight excluding hydrogens is 332 g/mol. The summed E-state index contributed by atoms with van der Waals surface area (Å²) < 4.78 is 4.88. The van der Waals surface area contributed by atoms with Crippen molar-refractivity contribution in [2.45, 2.75) is 85.0 Å². The molecule has 0 heterocycles. The summed E-state index contributed by atoms with van der Waals surface area (Å²) >= 11 is 0. The number of hydrogen-bond donors (Lipinski definition) is 0. The predicted molar refractivity (Wildman–Crippen MR) is 110 cm³/mol.